The van der Waals surface area contributed by atoms with Gasteiger partial charge in [0, 0.05) is 12.3 Å². The number of hydrogen-bond donors (Lipinski definition) is 0. The summed E-state index contributed by atoms with van der Waals surface area (Å²) in [6.45, 7) is 0. The van der Waals surface area contributed by atoms with Gasteiger partial charge in [-0.3, -0.25) is 15.1 Å². The van der Waals surface area contributed by atoms with Gasteiger partial charge in [0.05, 0.1) is 21.1 Å². The largest absolute Gasteiger partial charge is 0.545 e. The average molecular weight is 348 g/mol. The van der Waals surface area contributed by atoms with E-state index in [0.717, 1.165) is 0 Å². The summed E-state index contributed by atoms with van der Waals surface area (Å²) in [6.07, 6.45) is 1.47. The summed E-state index contributed by atoms with van der Waals surface area (Å²) in [4.78, 5) is 25.1. The number of carbonyl (C=O) groups is 1. The number of rotatable bonds is 4. The van der Waals surface area contributed by atoms with E-state index in [0.29, 0.717) is 15.7 Å². The number of aromatic carboxylic acids is 1. The van der Waals surface area contributed by atoms with Gasteiger partial charge in [0.1, 0.15) is 0 Å². The maximum absolute atomic E-state index is 10.8. The Hall–Kier alpha value is -2.54. The third-order valence-corrected chi connectivity index (χ3v) is 3.30. The van der Waals surface area contributed by atoms with E-state index < -0.39 is 10.9 Å². The predicted octanol–water partition coefficient (Wildman–Crippen LogP) is 2.47. The highest BCUT2D eigenvalue weighted by atomic mass is 79.9. The fourth-order valence-electron chi connectivity index (χ4n) is 1.58. The number of hydrogen-bond acceptors (Lipinski definition) is 5. The summed E-state index contributed by atoms with van der Waals surface area (Å²) in [6, 6.07) is 10.4. The molecule has 0 heterocycles. The SMILES string of the molecule is O=C([O-])c1ccc(N=Cc2ccc(Br)c([N+](=O)[O-])c2)cc1. The Kier molecular flexibility index (Phi) is 4.44. The number of nitrogens with zero attached hydrogens (tertiary/aromatic N) is 2. The number of nitro groups is 1. The standard InChI is InChI=1S/C14H9BrN2O4/c15-12-6-1-9(7-13(12)17(20)21)8-16-11-4-2-10(3-5-11)14(18)19/h1-8H,(H,18,19)/p-1. The van der Waals surface area contributed by atoms with Gasteiger partial charge in [-0.05, 0) is 45.3 Å². The zero-order chi connectivity index (χ0) is 15.4. The number of halogens is 1. The topological polar surface area (TPSA) is 95.6 Å². The molecule has 0 spiro atoms. The van der Waals surface area contributed by atoms with E-state index in [1.54, 1.807) is 12.1 Å². The molecule has 2 aromatic carbocycles. The van der Waals surface area contributed by atoms with Crippen molar-refractivity contribution in [3.63, 3.8) is 0 Å². The van der Waals surface area contributed by atoms with E-state index in [-0.39, 0.29) is 11.3 Å². The van der Waals surface area contributed by atoms with Crippen LogP contribution in [0.15, 0.2) is 51.9 Å². The van der Waals surface area contributed by atoms with Gasteiger partial charge < -0.3 is 9.90 Å². The van der Waals surface area contributed by atoms with Crippen molar-refractivity contribution < 1.29 is 14.8 Å². The molecule has 0 amide bonds. The Morgan fingerprint density at radius 1 is 1.19 bits per heavy atom. The molecule has 6 nitrogen and oxygen atoms in total. The molecule has 0 aromatic heterocycles. The van der Waals surface area contributed by atoms with Gasteiger partial charge in [-0.1, -0.05) is 18.2 Å². The number of aliphatic imine (C=N–C) groups is 1. The molecule has 0 saturated heterocycles. The van der Waals surface area contributed by atoms with Crippen LogP contribution < -0.4 is 5.11 Å². The van der Waals surface area contributed by atoms with Gasteiger partial charge >= 0.3 is 0 Å². The molecule has 21 heavy (non-hydrogen) atoms. The van der Waals surface area contributed by atoms with Crippen LogP contribution in [0.2, 0.25) is 0 Å². The first-order valence-corrected chi connectivity index (χ1v) is 6.56. The summed E-state index contributed by atoms with van der Waals surface area (Å²) in [5.41, 5.74) is 1.11. The van der Waals surface area contributed by atoms with Gasteiger partial charge in [0.15, 0.2) is 0 Å². The van der Waals surface area contributed by atoms with Crippen LogP contribution in [0, 0.1) is 10.1 Å². The number of carboxylic acid groups (broad SMARTS) is 1. The Morgan fingerprint density at radius 3 is 2.43 bits per heavy atom. The molecule has 0 radical (unpaired) electrons. The molecule has 0 N–H and O–H groups in total. The molecule has 0 unspecified atom stereocenters. The molecular formula is C14H8BrN2O4-. The van der Waals surface area contributed by atoms with Gasteiger partial charge in [0.2, 0.25) is 0 Å². The van der Waals surface area contributed by atoms with Crippen molar-refractivity contribution in [3.8, 4) is 0 Å². The number of benzene rings is 2. The molecule has 0 saturated carbocycles. The fourth-order valence-corrected chi connectivity index (χ4v) is 1.97. The van der Waals surface area contributed by atoms with Crippen LogP contribution in [0.5, 0.6) is 0 Å². The average Bonchev–Trinajstić information content (AvgIpc) is 2.46. The third kappa shape index (κ3) is 3.73. The van der Waals surface area contributed by atoms with Crippen LogP contribution >= 0.6 is 15.9 Å². The molecule has 0 aliphatic carbocycles. The zero-order valence-electron chi connectivity index (χ0n) is 10.5. The van der Waals surface area contributed by atoms with Crippen LogP contribution in [0.3, 0.4) is 0 Å². The number of carboxylic acids is 1. The fraction of sp³-hybridized carbons (Fsp3) is 0. The third-order valence-electron chi connectivity index (χ3n) is 2.63. The van der Waals surface area contributed by atoms with Crippen molar-refractivity contribution >= 4 is 39.5 Å². The lowest BCUT2D eigenvalue weighted by molar-refractivity contribution is -0.385. The van der Waals surface area contributed by atoms with Crippen LogP contribution in [-0.2, 0) is 0 Å². The molecule has 106 valence electrons. The smallest absolute Gasteiger partial charge is 0.284 e. The first-order valence-electron chi connectivity index (χ1n) is 5.77. The van der Waals surface area contributed by atoms with Crippen molar-refractivity contribution in [2.75, 3.05) is 0 Å². The molecule has 2 aromatic rings. The molecule has 0 atom stereocenters. The lowest BCUT2D eigenvalue weighted by Gasteiger charge is -2.01. The zero-order valence-corrected chi connectivity index (χ0v) is 12.1. The Morgan fingerprint density at radius 2 is 1.86 bits per heavy atom. The minimum atomic E-state index is -1.26. The number of nitro benzene ring substituents is 1. The molecule has 0 fully saturated rings. The van der Waals surface area contributed by atoms with E-state index in [9.17, 15) is 20.0 Å². The minimum absolute atomic E-state index is 0.0498. The highest BCUT2D eigenvalue weighted by Gasteiger charge is 2.11. The van der Waals surface area contributed by atoms with E-state index in [1.165, 1.54) is 36.5 Å². The second kappa shape index (κ2) is 6.27. The monoisotopic (exact) mass is 347 g/mol. The predicted molar refractivity (Wildman–Crippen MR) is 78.8 cm³/mol. The summed E-state index contributed by atoms with van der Waals surface area (Å²) in [5.74, 6) is -1.26. The first-order chi connectivity index (χ1) is 9.97. The lowest BCUT2D eigenvalue weighted by atomic mass is 10.2. The van der Waals surface area contributed by atoms with Crippen molar-refractivity contribution in [2.24, 2.45) is 4.99 Å². The molecular weight excluding hydrogens is 340 g/mol. The van der Waals surface area contributed by atoms with E-state index in [1.807, 2.05) is 0 Å². The normalized spacial score (nSPS) is 10.7. The van der Waals surface area contributed by atoms with Crippen LogP contribution in [0.1, 0.15) is 15.9 Å². The summed E-state index contributed by atoms with van der Waals surface area (Å²) < 4.78 is 0.392. The Labute approximate surface area is 128 Å². The summed E-state index contributed by atoms with van der Waals surface area (Å²) in [7, 11) is 0. The maximum Gasteiger partial charge on any atom is 0.284 e. The number of carbonyl (C=O) groups excluding carboxylic acids is 1. The van der Waals surface area contributed by atoms with Gasteiger partial charge in [-0.2, -0.15) is 0 Å². The Bertz CT molecular complexity index is 726. The summed E-state index contributed by atoms with van der Waals surface area (Å²) in [5, 5.41) is 21.4. The van der Waals surface area contributed by atoms with Crippen molar-refractivity contribution in [3.05, 3.63) is 68.2 Å². The minimum Gasteiger partial charge on any atom is -0.545 e. The van der Waals surface area contributed by atoms with Crippen molar-refractivity contribution in [2.45, 2.75) is 0 Å². The highest BCUT2D eigenvalue weighted by molar-refractivity contribution is 9.10. The van der Waals surface area contributed by atoms with Gasteiger partial charge in [-0.25, -0.2) is 0 Å². The van der Waals surface area contributed by atoms with Crippen LogP contribution in [0.4, 0.5) is 11.4 Å². The molecule has 2 rings (SSSR count). The maximum atomic E-state index is 10.8. The second-order valence-corrected chi connectivity index (χ2v) is 4.91. The van der Waals surface area contributed by atoms with Gasteiger partial charge in [-0.15, -0.1) is 0 Å². The first kappa shape index (κ1) is 14.9. The molecule has 0 bridgehead atoms. The van der Waals surface area contributed by atoms with E-state index in [2.05, 4.69) is 20.9 Å². The van der Waals surface area contributed by atoms with Gasteiger partial charge in [0.25, 0.3) is 5.69 Å². The molecule has 7 heteroatoms. The van der Waals surface area contributed by atoms with Crippen LogP contribution in [0.25, 0.3) is 0 Å². The second-order valence-electron chi connectivity index (χ2n) is 4.06. The van der Waals surface area contributed by atoms with Crippen molar-refractivity contribution in [1.29, 1.82) is 0 Å². The van der Waals surface area contributed by atoms with Crippen molar-refractivity contribution in [1.82, 2.24) is 0 Å². The highest BCUT2D eigenvalue weighted by Crippen LogP contribution is 2.25. The molecule has 0 aliphatic rings. The van der Waals surface area contributed by atoms with E-state index >= 15 is 0 Å². The quantitative estimate of drug-likeness (QED) is 0.482. The molecule has 0 aliphatic heterocycles. The van der Waals surface area contributed by atoms with E-state index in [4.69, 9.17) is 0 Å². The van der Waals surface area contributed by atoms with Crippen LogP contribution in [-0.4, -0.2) is 17.1 Å². The Balaban J connectivity index is 2.23. The summed E-state index contributed by atoms with van der Waals surface area (Å²) >= 11 is 3.10. The lowest BCUT2D eigenvalue weighted by Crippen LogP contribution is -2.21.